The van der Waals surface area contributed by atoms with Crippen molar-refractivity contribution in [2.45, 2.75) is 19.0 Å². The van der Waals surface area contributed by atoms with Crippen molar-refractivity contribution in [3.63, 3.8) is 0 Å². The Morgan fingerprint density at radius 3 is 2.71 bits per heavy atom. The van der Waals surface area contributed by atoms with Crippen molar-refractivity contribution in [2.24, 2.45) is 0 Å². The molecule has 1 aromatic carbocycles. The summed E-state index contributed by atoms with van der Waals surface area (Å²) in [4.78, 5) is 12.8. The lowest BCUT2D eigenvalue weighted by atomic mass is 10.0. The normalized spacial score (nSPS) is 20.1. The number of benzene rings is 1. The number of nitriles is 1. The number of amides is 1. The second-order valence-electron chi connectivity index (χ2n) is 3.36. The van der Waals surface area contributed by atoms with Gasteiger partial charge in [-0.2, -0.15) is 5.26 Å². The number of likely N-dealkylation sites (tertiary alicyclic amines) is 1. The lowest BCUT2D eigenvalue weighted by Crippen LogP contribution is -2.50. The van der Waals surface area contributed by atoms with Gasteiger partial charge in [0.05, 0.1) is 12.5 Å². The van der Waals surface area contributed by atoms with E-state index in [0.717, 1.165) is 5.56 Å². The second kappa shape index (κ2) is 3.51. The number of carbonyl (C=O) groups excluding carboxylic acids is 1. The molecule has 0 N–H and O–H groups in total. The average Bonchev–Trinajstić information content (AvgIpc) is 2.24. The molecule has 0 spiro atoms. The van der Waals surface area contributed by atoms with Crippen LogP contribution in [0.5, 0.6) is 0 Å². The molecule has 70 valence electrons. The van der Waals surface area contributed by atoms with Crippen molar-refractivity contribution in [3.8, 4) is 6.07 Å². The summed E-state index contributed by atoms with van der Waals surface area (Å²) < 4.78 is 0. The molecule has 1 amide bonds. The van der Waals surface area contributed by atoms with Gasteiger partial charge in [-0.3, -0.25) is 4.79 Å². The van der Waals surface area contributed by atoms with Crippen LogP contribution in [0.1, 0.15) is 12.0 Å². The van der Waals surface area contributed by atoms with Gasteiger partial charge in [0.15, 0.2) is 0 Å². The molecule has 0 aromatic heterocycles. The quantitative estimate of drug-likeness (QED) is 0.653. The summed E-state index contributed by atoms with van der Waals surface area (Å²) in [7, 11) is 0. The molecule has 1 saturated heterocycles. The number of rotatable bonds is 2. The third-order valence-corrected chi connectivity index (χ3v) is 2.41. The first-order chi connectivity index (χ1) is 6.81. The fourth-order valence-corrected chi connectivity index (χ4v) is 1.55. The van der Waals surface area contributed by atoms with Crippen LogP contribution >= 0.6 is 0 Å². The molecule has 0 saturated carbocycles. The maximum Gasteiger partial charge on any atom is 0.227 e. The van der Waals surface area contributed by atoms with E-state index in [9.17, 15) is 4.79 Å². The van der Waals surface area contributed by atoms with Gasteiger partial charge in [-0.05, 0) is 5.56 Å². The minimum absolute atomic E-state index is 0.0698. The molecule has 1 aliphatic rings. The fourth-order valence-electron chi connectivity index (χ4n) is 1.55. The molecule has 1 aromatic rings. The van der Waals surface area contributed by atoms with Crippen LogP contribution in [0.2, 0.25) is 0 Å². The molecule has 1 atom stereocenters. The van der Waals surface area contributed by atoms with Gasteiger partial charge in [0.2, 0.25) is 5.91 Å². The van der Waals surface area contributed by atoms with Crippen LogP contribution in [-0.2, 0) is 11.3 Å². The van der Waals surface area contributed by atoms with E-state index in [1.54, 1.807) is 4.90 Å². The van der Waals surface area contributed by atoms with Crippen LogP contribution in [0.15, 0.2) is 30.3 Å². The smallest absolute Gasteiger partial charge is 0.227 e. The fraction of sp³-hybridized carbons (Fsp3) is 0.273. The lowest BCUT2D eigenvalue weighted by molar-refractivity contribution is -0.144. The van der Waals surface area contributed by atoms with Crippen molar-refractivity contribution in [1.82, 2.24) is 4.90 Å². The van der Waals surface area contributed by atoms with E-state index in [4.69, 9.17) is 5.26 Å². The molecule has 1 aliphatic heterocycles. The molecule has 0 radical (unpaired) electrons. The van der Waals surface area contributed by atoms with Crippen molar-refractivity contribution in [2.75, 3.05) is 0 Å². The Kier molecular flexibility index (Phi) is 2.19. The summed E-state index contributed by atoms with van der Waals surface area (Å²) in [5, 5.41) is 8.71. The van der Waals surface area contributed by atoms with E-state index in [2.05, 4.69) is 6.07 Å². The van der Waals surface area contributed by atoms with E-state index in [1.807, 2.05) is 30.3 Å². The Bertz CT molecular complexity index is 380. The molecule has 0 bridgehead atoms. The first-order valence-corrected chi connectivity index (χ1v) is 4.54. The minimum atomic E-state index is -0.220. The van der Waals surface area contributed by atoms with Gasteiger partial charge < -0.3 is 4.90 Å². The zero-order valence-corrected chi connectivity index (χ0v) is 7.68. The monoisotopic (exact) mass is 186 g/mol. The second-order valence-corrected chi connectivity index (χ2v) is 3.36. The van der Waals surface area contributed by atoms with Gasteiger partial charge in [-0.25, -0.2) is 0 Å². The van der Waals surface area contributed by atoms with Crippen molar-refractivity contribution < 1.29 is 4.79 Å². The van der Waals surface area contributed by atoms with E-state index in [1.165, 1.54) is 0 Å². The molecule has 2 rings (SSSR count). The highest BCUT2D eigenvalue weighted by molar-refractivity contribution is 5.84. The number of β-lactam (4-membered cyclic amide) rings is 1. The molecule has 1 heterocycles. The first kappa shape index (κ1) is 8.76. The van der Waals surface area contributed by atoms with Gasteiger partial charge in [0, 0.05) is 6.54 Å². The molecular formula is C11H10N2O. The van der Waals surface area contributed by atoms with E-state index in [0.29, 0.717) is 13.0 Å². The zero-order valence-electron chi connectivity index (χ0n) is 7.68. The molecular weight excluding hydrogens is 176 g/mol. The minimum Gasteiger partial charge on any atom is -0.322 e. The number of nitrogens with zero attached hydrogens (tertiary/aromatic N) is 2. The van der Waals surface area contributed by atoms with Crippen LogP contribution in [0.4, 0.5) is 0 Å². The van der Waals surface area contributed by atoms with Crippen molar-refractivity contribution in [1.29, 1.82) is 5.26 Å². The van der Waals surface area contributed by atoms with Crippen molar-refractivity contribution >= 4 is 5.91 Å². The molecule has 1 unspecified atom stereocenters. The molecule has 3 heteroatoms. The predicted octanol–water partition coefficient (Wildman–Crippen LogP) is 1.31. The van der Waals surface area contributed by atoms with Crippen LogP contribution < -0.4 is 0 Å². The summed E-state index contributed by atoms with van der Waals surface area (Å²) >= 11 is 0. The Morgan fingerprint density at radius 2 is 2.14 bits per heavy atom. The maximum atomic E-state index is 11.2. The summed E-state index contributed by atoms with van der Waals surface area (Å²) in [5.74, 6) is 0.0698. The van der Waals surface area contributed by atoms with Crippen LogP contribution in [0.3, 0.4) is 0 Å². The lowest BCUT2D eigenvalue weighted by Gasteiger charge is -2.35. The van der Waals surface area contributed by atoms with E-state index < -0.39 is 0 Å². The number of carbonyl (C=O) groups is 1. The summed E-state index contributed by atoms with van der Waals surface area (Å²) in [6, 6.07) is 11.6. The Morgan fingerprint density at radius 1 is 1.43 bits per heavy atom. The van der Waals surface area contributed by atoms with Crippen LogP contribution in [-0.4, -0.2) is 16.8 Å². The van der Waals surface area contributed by atoms with Crippen LogP contribution in [0.25, 0.3) is 0 Å². The summed E-state index contributed by atoms with van der Waals surface area (Å²) in [6.45, 7) is 0.553. The molecule has 0 aliphatic carbocycles. The first-order valence-electron chi connectivity index (χ1n) is 4.54. The maximum absolute atomic E-state index is 11.2. The molecule has 1 fully saturated rings. The Balaban J connectivity index is 2.05. The Hall–Kier alpha value is -1.82. The highest BCUT2D eigenvalue weighted by atomic mass is 16.2. The van der Waals surface area contributed by atoms with Gasteiger partial charge in [-0.15, -0.1) is 0 Å². The zero-order chi connectivity index (χ0) is 9.97. The highest BCUT2D eigenvalue weighted by Crippen LogP contribution is 2.21. The third kappa shape index (κ3) is 1.47. The summed E-state index contributed by atoms with van der Waals surface area (Å²) in [6.07, 6.45) is 0.378. The average molecular weight is 186 g/mol. The molecule has 3 nitrogen and oxygen atoms in total. The SMILES string of the molecule is N#CC1CC(=O)N1Cc1ccccc1. The topological polar surface area (TPSA) is 44.1 Å². The highest BCUT2D eigenvalue weighted by Gasteiger charge is 2.35. The summed E-state index contributed by atoms with van der Waals surface area (Å²) in [5.41, 5.74) is 1.07. The number of hydrogen-bond acceptors (Lipinski definition) is 2. The molecule has 14 heavy (non-hydrogen) atoms. The standard InChI is InChI=1S/C11H10N2O/c12-7-10-6-11(14)13(10)8-9-4-2-1-3-5-9/h1-5,10H,6,8H2. The van der Waals surface area contributed by atoms with E-state index >= 15 is 0 Å². The Labute approximate surface area is 82.6 Å². The van der Waals surface area contributed by atoms with E-state index in [-0.39, 0.29) is 11.9 Å². The van der Waals surface area contributed by atoms with Gasteiger partial charge in [0.1, 0.15) is 6.04 Å². The number of hydrogen-bond donors (Lipinski definition) is 0. The van der Waals surface area contributed by atoms with Gasteiger partial charge in [0.25, 0.3) is 0 Å². The van der Waals surface area contributed by atoms with Crippen molar-refractivity contribution in [3.05, 3.63) is 35.9 Å². The van der Waals surface area contributed by atoms with Gasteiger partial charge in [-0.1, -0.05) is 30.3 Å². The van der Waals surface area contributed by atoms with Crippen LogP contribution in [0, 0.1) is 11.3 Å². The van der Waals surface area contributed by atoms with Gasteiger partial charge >= 0.3 is 0 Å². The third-order valence-electron chi connectivity index (χ3n) is 2.41. The predicted molar refractivity (Wildman–Crippen MR) is 51.0 cm³/mol. The largest absolute Gasteiger partial charge is 0.322 e.